The van der Waals surface area contributed by atoms with Crippen LogP contribution in [0.1, 0.15) is 48.7 Å². The fourth-order valence-corrected chi connectivity index (χ4v) is 3.33. The quantitative estimate of drug-likeness (QED) is 0.623. The first-order chi connectivity index (χ1) is 14.2. The number of alkyl halides is 3. The van der Waals surface area contributed by atoms with Crippen LogP contribution in [0.15, 0.2) is 36.7 Å². The number of rotatable bonds is 6. The predicted molar refractivity (Wildman–Crippen MR) is 103 cm³/mol. The maximum absolute atomic E-state index is 13.1. The molecule has 0 bridgehead atoms. The molecule has 1 fully saturated rings. The van der Waals surface area contributed by atoms with Crippen molar-refractivity contribution in [1.82, 2.24) is 24.5 Å². The van der Waals surface area contributed by atoms with Crippen LogP contribution < -0.4 is 5.32 Å². The van der Waals surface area contributed by atoms with Gasteiger partial charge in [-0.1, -0.05) is 23.7 Å². The van der Waals surface area contributed by atoms with Crippen molar-refractivity contribution in [3.63, 3.8) is 0 Å². The number of carbonyl (C=O) groups is 1. The highest BCUT2D eigenvalue weighted by molar-refractivity contribution is 6.30. The van der Waals surface area contributed by atoms with E-state index in [1.807, 2.05) is 12.1 Å². The topological polar surface area (TPSA) is 77.6 Å². The summed E-state index contributed by atoms with van der Waals surface area (Å²) in [5, 5.41) is 11.0. The first-order valence-electron chi connectivity index (χ1n) is 9.32. The summed E-state index contributed by atoms with van der Waals surface area (Å²) < 4.78 is 41.9. The van der Waals surface area contributed by atoms with E-state index in [0.717, 1.165) is 29.2 Å². The molecular formula is C19H18ClF3N6O. The summed E-state index contributed by atoms with van der Waals surface area (Å²) in [6.07, 6.45) is -1.54. The monoisotopic (exact) mass is 438 g/mol. The summed E-state index contributed by atoms with van der Waals surface area (Å²) in [4.78, 5) is 16.7. The highest BCUT2D eigenvalue weighted by Crippen LogP contribution is 2.43. The van der Waals surface area contributed by atoms with Crippen LogP contribution >= 0.6 is 11.6 Å². The van der Waals surface area contributed by atoms with Crippen LogP contribution in [0.2, 0.25) is 5.02 Å². The van der Waals surface area contributed by atoms with Gasteiger partial charge in [0, 0.05) is 16.6 Å². The Morgan fingerprint density at radius 3 is 2.73 bits per heavy atom. The molecule has 1 unspecified atom stereocenters. The number of carbonyl (C=O) groups excluding carboxylic acids is 1. The third-order valence-corrected chi connectivity index (χ3v) is 5.04. The maximum Gasteiger partial charge on any atom is 0.435 e. The first kappa shape index (κ1) is 20.4. The minimum Gasteiger partial charge on any atom is -0.291 e. The number of hydrogen-bond acceptors (Lipinski definition) is 4. The second-order valence-corrected chi connectivity index (χ2v) is 7.67. The smallest absolute Gasteiger partial charge is 0.291 e. The highest BCUT2D eigenvalue weighted by Gasteiger charge is 2.39. The number of halogens is 4. The number of benzene rings is 1. The lowest BCUT2D eigenvalue weighted by molar-refractivity contribution is -0.141. The second-order valence-electron chi connectivity index (χ2n) is 7.23. The van der Waals surface area contributed by atoms with Crippen LogP contribution in [0.3, 0.4) is 0 Å². The van der Waals surface area contributed by atoms with Crippen LogP contribution in [0.5, 0.6) is 0 Å². The molecule has 1 saturated carbocycles. The van der Waals surface area contributed by atoms with Gasteiger partial charge in [0.05, 0.1) is 6.54 Å². The summed E-state index contributed by atoms with van der Waals surface area (Å²) in [6, 6.07) is 7.32. The Morgan fingerprint density at radius 1 is 1.30 bits per heavy atom. The predicted octanol–water partition coefficient (Wildman–Crippen LogP) is 4.27. The molecule has 1 aliphatic rings. The molecule has 0 radical (unpaired) electrons. The summed E-state index contributed by atoms with van der Waals surface area (Å²) in [5.41, 5.74) is 0.335. The molecule has 1 amide bonds. The maximum atomic E-state index is 13.1. The lowest BCUT2D eigenvalue weighted by Gasteiger charge is -2.14. The molecule has 3 aromatic rings. The Bertz CT molecular complexity index is 1070. The van der Waals surface area contributed by atoms with E-state index in [1.54, 1.807) is 12.1 Å². The number of nitrogens with zero attached hydrogens (tertiary/aromatic N) is 5. The van der Waals surface area contributed by atoms with Crippen molar-refractivity contribution in [2.75, 3.05) is 5.32 Å². The lowest BCUT2D eigenvalue weighted by Crippen LogP contribution is -2.26. The molecule has 0 spiro atoms. The Hall–Kier alpha value is -2.88. The van der Waals surface area contributed by atoms with Crippen molar-refractivity contribution in [2.45, 2.75) is 44.4 Å². The molecule has 0 aliphatic heterocycles. The minimum absolute atomic E-state index is 0.00104. The Morgan fingerprint density at radius 2 is 2.07 bits per heavy atom. The highest BCUT2D eigenvalue weighted by atomic mass is 35.5. The van der Waals surface area contributed by atoms with Gasteiger partial charge in [0.25, 0.3) is 5.91 Å². The van der Waals surface area contributed by atoms with Gasteiger partial charge >= 0.3 is 6.18 Å². The van der Waals surface area contributed by atoms with E-state index in [0.29, 0.717) is 17.3 Å². The van der Waals surface area contributed by atoms with Crippen molar-refractivity contribution in [3.8, 4) is 0 Å². The standard InChI is InChI=1S/C19H18ClF3N6O/c1-11(29-15(13-5-6-13)8-16(26-29)19(21,22)23)17(30)25-18-24-10-28(27-18)9-12-3-2-4-14(20)7-12/h2-4,7-8,10-11,13H,5-6,9H2,1H3,(H,25,27,30). The average Bonchev–Trinajstić information content (AvgIpc) is 3.26. The summed E-state index contributed by atoms with van der Waals surface area (Å²) in [5.74, 6) is -0.488. The fraction of sp³-hybridized carbons (Fsp3) is 0.368. The van der Waals surface area contributed by atoms with Crippen molar-refractivity contribution in [1.29, 1.82) is 0 Å². The molecule has 7 nitrogen and oxygen atoms in total. The molecule has 2 aromatic heterocycles. The zero-order chi connectivity index (χ0) is 21.5. The fourth-order valence-electron chi connectivity index (χ4n) is 3.12. The lowest BCUT2D eigenvalue weighted by atomic mass is 10.2. The summed E-state index contributed by atoms with van der Waals surface area (Å²) in [7, 11) is 0. The molecule has 11 heteroatoms. The van der Waals surface area contributed by atoms with Gasteiger partial charge in [-0.2, -0.15) is 18.3 Å². The van der Waals surface area contributed by atoms with Gasteiger partial charge in [0.1, 0.15) is 12.4 Å². The van der Waals surface area contributed by atoms with Crippen molar-refractivity contribution >= 4 is 23.5 Å². The van der Waals surface area contributed by atoms with Gasteiger partial charge in [0.15, 0.2) is 5.69 Å². The molecule has 158 valence electrons. The largest absolute Gasteiger partial charge is 0.435 e. The molecule has 1 atom stereocenters. The van der Waals surface area contributed by atoms with Crippen LogP contribution in [-0.2, 0) is 17.5 Å². The summed E-state index contributed by atoms with van der Waals surface area (Å²) in [6.45, 7) is 1.90. The normalized spacial score (nSPS) is 15.2. The molecule has 1 aromatic carbocycles. The number of anilines is 1. The van der Waals surface area contributed by atoms with Crippen molar-refractivity contribution in [3.05, 3.63) is 58.6 Å². The van der Waals surface area contributed by atoms with E-state index >= 15 is 0 Å². The zero-order valence-electron chi connectivity index (χ0n) is 15.9. The van der Waals surface area contributed by atoms with Gasteiger partial charge in [-0.3, -0.25) is 14.8 Å². The van der Waals surface area contributed by atoms with E-state index < -0.39 is 23.8 Å². The second kappa shape index (κ2) is 7.75. The molecule has 30 heavy (non-hydrogen) atoms. The van der Waals surface area contributed by atoms with E-state index in [9.17, 15) is 18.0 Å². The van der Waals surface area contributed by atoms with Crippen molar-refractivity contribution < 1.29 is 18.0 Å². The zero-order valence-corrected chi connectivity index (χ0v) is 16.7. The SMILES string of the molecule is CC(C(=O)Nc1ncn(Cc2cccc(Cl)c2)n1)n1nc(C(F)(F)F)cc1C1CC1. The number of amides is 1. The van der Waals surface area contributed by atoms with Gasteiger partial charge in [0.2, 0.25) is 5.95 Å². The van der Waals surface area contributed by atoms with Gasteiger partial charge in [-0.25, -0.2) is 9.67 Å². The Kier molecular flexibility index (Phi) is 5.27. The van der Waals surface area contributed by atoms with Gasteiger partial charge in [-0.15, -0.1) is 5.10 Å². The Labute approximate surface area is 174 Å². The van der Waals surface area contributed by atoms with Gasteiger partial charge in [-0.05, 0) is 43.5 Å². The van der Waals surface area contributed by atoms with E-state index in [1.165, 1.54) is 17.9 Å². The van der Waals surface area contributed by atoms with E-state index in [4.69, 9.17) is 11.6 Å². The van der Waals surface area contributed by atoms with E-state index in [2.05, 4.69) is 20.5 Å². The number of aromatic nitrogens is 5. The number of hydrogen-bond donors (Lipinski definition) is 1. The first-order valence-corrected chi connectivity index (χ1v) is 9.70. The molecular weight excluding hydrogens is 421 g/mol. The molecule has 0 saturated heterocycles. The Balaban J connectivity index is 1.47. The molecule has 4 rings (SSSR count). The third kappa shape index (κ3) is 4.48. The molecule has 1 aliphatic carbocycles. The summed E-state index contributed by atoms with van der Waals surface area (Å²) >= 11 is 5.97. The van der Waals surface area contributed by atoms with Gasteiger partial charge < -0.3 is 0 Å². The van der Waals surface area contributed by atoms with Crippen LogP contribution in [0.4, 0.5) is 19.1 Å². The van der Waals surface area contributed by atoms with Crippen LogP contribution in [0, 0.1) is 0 Å². The van der Waals surface area contributed by atoms with Crippen molar-refractivity contribution in [2.24, 2.45) is 0 Å². The third-order valence-electron chi connectivity index (χ3n) is 4.80. The van der Waals surface area contributed by atoms with E-state index in [-0.39, 0.29) is 11.9 Å². The molecule has 2 heterocycles. The molecule has 1 N–H and O–H groups in total. The number of nitrogens with one attached hydrogen (secondary N) is 1. The van der Waals surface area contributed by atoms with Crippen LogP contribution in [-0.4, -0.2) is 30.5 Å². The van der Waals surface area contributed by atoms with Crippen LogP contribution in [0.25, 0.3) is 0 Å². The average molecular weight is 439 g/mol. The minimum atomic E-state index is -4.56.